The Kier molecular flexibility index (Phi) is 4.10. The Hall–Kier alpha value is 0.490. The van der Waals surface area contributed by atoms with Crippen LogP contribution in [0.25, 0.3) is 0 Å². The van der Waals surface area contributed by atoms with Crippen LogP contribution in [0, 0.1) is 0 Å². The van der Waals surface area contributed by atoms with Gasteiger partial charge in [0.25, 0.3) is 0 Å². The van der Waals surface area contributed by atoms with Gasteiger partial charge in [0.05, 0.1) is 0 Å². The third-order valence-corrected chi connectivity index (χ3v) is 4.09. The summed E-state index contributed by atoms with van der Waals surface area (Å²) in [5, 5.41) is 0. The highest BCUT2D eigenvalue weighted by molar-refractivity contribution is 8.27. The highest BCUT2D eigenvalue weighted by atomic mass is 32.8. The molecule has 0 aromatic heterocycles. The van der Waals surface area contributed by atoms with E-state index in [9.17, 15) is 0 Å². The zero-order valence-electron chi connectivity index (χ0n) is 8.12. The molecule has 0 N–H and O–H groups in total. The Morgan fingerprint density at radius 1 is 1.17 bits per heavy atom. The molecule has 4 heteroatoms. The summed E-state index contributed by atoms with van der Waals surface area (Å²) in [6.07, 6.45) is 2.13. The first-order valence-electron chi connectivity index (χ1n) is 4.44. The van der Waals surface area contributed by atoms with Gasteiger partial charge in [0.2, 0.25) is 0 Å². The molecule has 1 fully saturated rings. The monoisotopic (exact) mass is 206 g/mol. The van der Waals surface area contributed by atoms with E-state index in [0.717, 1.165) is 13.1 Å². The second kappa shape index (κ2) is 4.65. The van der Waals surface area contributed by atoms with Crippen LogP contribution in [0.2, 0.25) is 0 Å². The van der Waals surface area contributed by atoms with Gasteiger partial charge in [-0.15, -0.1) is 0 Å². The van der Waals surface area contributed by atoms with E-state index < -0.39 is 0 Å². The summed E-state index contributed by atoms with van der Waals surface area (Å²) in [6.45, 7) is 9.20. The van der Waals surface area contributed by atoms with Gasteiger partial charge in [-0.1, -0.05) is 9.64 Å². The molecule has 1 heterocycles. The molecule has 0 amide bonds. The fourth-order valence-corrected chi connectivity index (χ4v) is 2.60. The molecule has 1 aliphatic rings. The van der Waals surface area contributed by atoms with Crippen LogP contribution in [-0.2, 0) is 20.8 Å². The van der Waals surface area contributed by atoms with Crippen LogP contribution in [0.3, 0.4) is 0 Å². The lowest BCUT2D eigenvalue weighted by atomic mass is 10.3. The second-order valence-corrected chi connectivity index (χ2v) is 6.29. The number of piperazine rings is 1. The lowest BCUT2D eigenvalue weighted by molar-refractivity contribution is 0.159. The minimum absolute atomic E-state index is 0.0598. The molecule has 0 saturated carbocycles. The third kappa shape index (κ3) is 2.76. The summed E-state index contributed by atoms with van der Waals surface area (Å²) < 4.78 is 2.40. The van der Waals surface area contributed by atoms with E-state index in [0.29, 0.717) is 6.04 Å². The molecule has 0 spiro atoms. The van der Waals surface area contributed by atoms with Crippen molar-refractivity contribution in [1.29, 1.82) is 0 Å². The highest BCUT2D eigenvalue weighted by Crippen LogP contribution is 2.06. The predicted octanol–water partition coefficient (Wildman–Crippen LogP) is 0.637. The summed E-state index contributed by atoms with van der Waals surface area (Å²) in [5.41, 5.74) is 0. The van der Waals surface area contributed by atoms with Crippen molar-refractivity contribution in [2.75, 3.05) is 32.4 Å². The fourth-order valence-electron chi connectivity index (χ4n) is 1.48. The van der Waals surface area contributed by atoms with E-state index in [1.807, 2.05) is 0 Å². The van der Waals surface area contributed by atoms with Crippen molar-refractivity contribution >= 4 is 20.8 Å². The Bertz CT molecular complexity index is 162. The van der Waals surface area contributed by atoms with E-state index in [1.165, 1.54) is 13.1 Å². The average molecular weight is 206 g/mol. The first kappa shape index (κ1) is 10.6. The lowest BCUT2D eigenvalue weighted by Crippen LogP contribution is -2.48. The van der Waals surface area contributed by atoms with Crippen molar-refractivity contribution in [2.24, 2.45) is 0 Å². The van der Waals surface area contributed by atoms with Crippen molar-refractivity contribution in [2.45, 2.75) is 19.9 Å². The van der Waals surface area contributed by atoms with Crippen molar-refractivity contribution in [3.05, 3.63) is 0 Å². The number of rotatable bonds is 2. The van der Waals surface area contributed by atoms with Crippen LogP contribution in [0.15, 0.2) is 0 Å². The minimum Gasteiger partial charge on any atom is -0.298 e. The Balaban J connectivity index is 2.34. The van der Waals surface area contributed by atoms with Gasteiger partial charge in [-0.25, -0.2) is 4.31 Å². The molecular formula is C8H18N2S2. The smallest absolute Gasteiger partial charge is 0.0220 e. The van der Waals surface area contributed by atoms with Gasteiger partial charge in [-0.3, -0.25) is 4.90 Å². The molecule has 1 atom stereocenters. The summed E-state index contributed by atoms with van der Waals surface area (Å²) in [6, 6.07) is 0.691. The molecule has 12 heavy (non-hydrogen) atoms. The van der Waals surface area contributed by atoms with Crippen LogP contribution in [0.1, 0.15) is 13.8 Å². The fraction of sp³-hybridized carbons (Fsp3) is 1.00. The summed E-state index contributed by atoms with van der Waals surface area (Å²) in [4.78, 5) is 2.51. The molecular weight excluding hydrogens is 188 g/mol. The second-order valence-electron chi connectivity index (χ2n) is 3.48. The summed E-state index contributed by atoms with van der Waals surface area (Å²) in [5.74, 6) is 0. The third-order valence-electron chi connectivity index (χ3n) is 2.37. The molecule has 1 aliphatic heterocycles. The van der Waals surface area contributed by atoms with Crippen LogP contribution >= 0.6 is 0 Å². The quantitative estimate of drug-likeness (QED) is 0.655. The van der Waals surface area contributed by atoms with E-state index >= 15 is 0 Å². The van der Waals surface area contributed by atoms with Gasteiger partial charge in [-0.05, 0) is 25.0 Å². The summed E-state index contributed by atoms with van der Waals surface area (Å²) >= 11 is 5.24. The van der Waals surface area contributed by atoms with Gasteiger partial charge < -0.3 is 0 Å². The molecule has 0 aromatic rings. The van der Waals surface area contributed by atoms with Gasteiger partial charge in [0.15, 0.2) is 0 Å². The zero-order chi connectivity index (χ0) is 9.14. The molecule has 1 unspecified atom stereocenters. The largest absolute Gasteiger partial charge is 0.298 e. The average Bonchev–Trinajstić information content (AvgIpc) is 2.04. The standard InChI is InChI=1S/C8H18N2S2/c1-8(2)9-4-6-10(7-5-9)12(3)11/h8H,4-7H2,1-3H3. The van der Waals surface area contributed by atoms with Crippen molar-refractivity contribution < 1.29 is 0 Å². The molecule has 72 valence electrons. The molecule has 0 aromatic carbocycles. The lowest BCUT2D eigenvalue weighted by Gasteiger charge is -2.36. The number of hydrogen-bond acceptors (Lipinski definition) is 2. The molecule has 0 bridgehead atoms. The van der Waals surface area contributed by atoms with Crippen molar-refractivity contribution in [3.8, 4) is 0 Å². The van der Waals surface area contributed by atoms with Gasteiger partial charge in [-0.2, -0.15) is 0 Å². The van der Waals surface area contributed by atoms with Crippen molar-refractivity contribution in [1.82, 2.24) is 9.21 Å². The maximum Gasteiger partial charge on any atom is 0.0220 e. The topological polar surface area (TPSA) is 6.48 Å². The zero-order valence-corrected chi connectivity index (χ0v) is 9.75. The van der Waals surface area contributed by atoms with Gasteiger partial charge in [0, 0.05) is 38.5 Å². The Morgan fingerprint density at radius 2 is 1.67 bits per heavy atom. The molecule has 1 rings (SSSR count). The summed E-state index contributed by atoms with van der Waals surface area (Å²) in [7, 11) is 0.0598. The minimum atomic E-state index is 0.0598. The van der Waals surface area contributed by atoms with Crippen LogP contribution < -0.4 is 0 Å². The first-order chi connectivity index (χ1) is 5.61. The van der Waals surface area contributed by atoms with Crippen LogP contribution in [0.5, 0.6) is 0 Å². The molecule has 1 saturated heterocycles. The van der Waals surface area contributed by atoms with Crippen LogP contribution in [0.4, 0.5) is 0 Å². The van der Waals surface area contributed by atoms with Crippen LogP contribution in [-0.4, -0.2) is 47.7 Å². The number of nitrogens with zero attached hydrogens (tertiary/aromatic N) is 2. The maximum atomic E-state index is 5.24. The normalized spacial score (nSPS) is 24.7. The predicted molar refractivity (Wildman–Crippen MR) is 58.9 cm³/mol. The first-order valence-corrected chi connectivity index (χ1v) is 6.95. The molecule has 0 radical (unpaired) electrons. The van der Waals surface area contributed by atoms with Crippen molar-refractivity contribution in [3.63, 3.8) is 0 Å². The molecule has 2 nitrogen and oxygen atoms in total. The highest BCUT2D eigenvalue weighted by Gasteiger charge is 2.18. The van der Waals surface area contributed by atoms with E-state index in [2.05, 4.69) is 29.3 Å². The van der Waals surface area contributed by atoms with E-state index in [4.69, 9.17) is 11.2 Å². The number of hydrogen-bond donors (Lipinski definition) is 0. The van der Waals surface area contributed by atoms with Gasteiger partial charge >= 0.3 is 0 Å². The molecule has 0 aliphatic carbocycles. The Labute approximate surface area is 82.6 Å². The SMILES string of the molecule is CC(C)N1CCN(S(C)=S)CC1. The Morgan fingerprint density at radius 3 is 2.00 bits per heavy atom. The maximum absolute atomic E-state index is 5.24. The van der Waals surface area contributed by atoms with E-state index in [1.54, 1.807) is 0 Å². The van der Waals surface area contributed by atoms with Gasteiger partial charge in [0.1, 0.15) is 0 Å². The van der Waals surface area contributed by atoms with E-state index in [-0.39, 0.29) is 9.64 Å².